The zero-order chi connectivity index (χ0) is 17.6. The Balaban J connectivity index is 1.65. The van der Waals surface area contributed by atoms with Gasteiger partial charge in [-0.25, -0.2) is 0 Å². The molecule has 0 atom stereocenters. The third-order valence-electron chi connectivity index (χ3n) is 5.31. The van der Waals surface area contributed by atoms with E-state index in [1.54, 1.807) is 0 Å². The molecule has 1 fully saturated rings. The molecule has 5 nitrogen and oxygen atoms in total. The Labute approximate surface area is 149 Å². The van der Waals surface area contributed by atoms with E-state index in [2.05, 4.69) is 0 Å². The molecule has 0 spiro atoms. The Morgan fingerprint density at radius 1 is 1.20 bits per heavy atom. The largest absolute Gasteiger partial charge is 0.491 e. The normalized spacial score (nSPS) is 18.2. The SMILES string of the molecule is NC(=O)CCc1ccc2c(c1)CN(C(=O)CC1CCCCC1)CCO2. The summed E-state index contributed by atoms with van der Waals surface area (Å²) in [4.78, 5) is 25.7. The van der Waals surface area contributed by atoms with E-state index in [0.29, 0.717) is 44.9 Å². The highest BCUT2D eigenvalue weighted by Gasteiger charge is 2.24. The number of carbonyl (C=O) groups excluding carboxylic acids is 2. The number of fused-ring (bicyclic) bond motifs is 1. The van der Waals surface area contributed by atoms with E-state index in [4.69, 9.17) is 10.5 Å². The van der Waals surface area contributed by atoms with Gasteiger partial charge in [0.05, 0.1) is 6.54 Å². The second-order valence-corrected chi connectivity index (χ2v) is 7.28. The molecular weight excluding hydrogens is 316 g/mol. The molecule has 1 aromatic carbocycles. The zero-order valence-electron chi connectivity index (χ0n) is 14.8. The van der Waals surface area contributed by atoms with Crippen LogP contribution in [0.1, 0.15) is 56.1 Å². The van der Waals surface area contributed by atoms with Gasteiger partial charge in [-0.1, -0.05) is 31.4 Å². The van der Waals surface area contributed by atoms with Crippen LogP contribution in [0.4, 0.5) is 0 Å². The number of benzene rings is 1. The van der Waals surface area contributed by atoms with Gasteiger partial charge in [-0.3, -0.25) is 9.59 Å². The quantitative estimate of drug-likeness (QED) is 0.893. The van der Waals surface area contributed by atoms with Crippen molar-refractivity contribution in [1.82, 2.24) is 4.90 Å². The summed E-state index contributed by atoms with van der Waals surface area (Å²) >= 11 is 0. The van der Waals surface area contributed by atoms with Crippen LogP contribution in [0.15, 0.2) is 18.2 Å². The highest BCUT2D eigenvalue weighted by Crippen LogP contribution is 2.29. The molecule has 25 heavy (non-hydrogen) atoms. The van der Waals surface area contributed by atoms with Crippen LogP contribution < -0.4 is 10.5 Å². The summed E-state index contributed by atoms with van der Waals surface area (Å²) in [5.41, 5.74) is 7.32. The van der Waals surface area contributed by atoms with Gasteiger partial charge in [-0.05, 0) is 36.8 Å². The third-order valence-corrected chi connectivity index (χ3v) is 5.31. The van der Waals surface area contributed by atoms with E-state index >= 15 is 0 Å². The number of aryl methyl sites for hydroxylation is 1. The lowest BCUT2D eigenvalue weighted by Gasteiger charge is -2.25. The molecule has 0 radical (unpaired) electrons. The number of hydrogen-bond donors (Lipinski definition) is 1. The molecule has 0 saturated heterocycles. The molecule has 5 heteroatoms. The summed E-state index contributed by atoms with van der Waals surface area (Å²) < 4.78 is 5.81. The number of hydrogen-bond acceptors (Lipinski definition) is 3. The molecule has 2 amide bonds. The van der Waals surface area contributed by atoms with Crippen LogP contribution in [0.3, 0.4) is 0 Å². The summed E-state index contributed by atoms with van der Waals surface area (Å²) in [5, 5.41) is 0. The lowest BCUT2D eigenvalue weighted by Crippen LogP contribution is -2.34. The minimum absolute atomic E-state index is 0.242. The second-order valence-electron chi connectivity index (χ2n) is 7.28. The lowest BCUT2D eigenvalue weighted by atomic mass is 9.86. The summed E-state index contributed by atoms with van der Waals surface area (Å²) in [7, 11) is 0. The monoisotopic (exact) mass is 344 g/mol. The van der Waals surface area contributed by atoms with E-state index in [1.807, 2.05) is 23.1 Å². The standard InChI is InChI=1S/C20H28N2O3/c21-19(23)9-7-16-6-8-18-17(12-16)14-22(10-11-25-18)20(24)13-15-4-2-1-3-5-15/h6,8,12,15H,1-5,7,9-11,13-14H2,(H2,21,23). The molecule has 0 aromatic heterocycles. The van der Waals surface area contributed by atoms with Crippen LogP contribution in [0.2, 0.25) is 0 Å². The van der Waals surface area contributed by atoms with E-state index < -0.39 is 0 Å². The van der Waals surface area contributed by atoms with Gasteiger partial charge in [0.25, 0.3) is 0 Å². The summed E-state index contributed by atoms with van der Waals surface area (Å²) in [6, 6.07) is 5.96. The van der Waals surface area contributed by atoms with Gasteiger partial charge in [0.15, 0.2) is 0 Å². The van der Waals surface area contributed by atoms with Gasteiger partial charge < -0.3 is 15.4 Å². The number of primary amides is 1. The maximum Gasteiger partial charge on any atom is 0.223 e. The molecule has 1 saturated carbocycles. The Hall–Kier alpha value is -2.04. The van der Waals surface area contributed by atoms with Crippen molar-refractivity contribution in [3.63, 3.8) is 0 Å². The van der Waals surface area contributed by atoms with Crippen LogP contribution >= 0.6 is 0 Å². The van der Waals surface area contributed by atoms with Crippen LogP contribution in [0.5, 0.6) is 5.75 Å². The summed E-state index contributed by atoms with van der Waals surface area (Å²) in [6.07, 6.45) is 7.82. The summed E-state index contributed by atoms with van der Waals surface area (Å²) in [5.74, 6) is 1.34. The fourth-order valence-corrected chi connectivity index (χ4v) is 3.85. The molecule has 2 N–H and O–H groups in total. The highest BCUT2D eigenvalue weighted by molar-refractivity contribution is 5.76. The van der Waals surface area contributed by atoms with Crippen LogP contribution in [0, 0.1) is 5.92 Å². The molecule has 136 valence electrons. The van der Waals surface area contributed by atoms with Gasteiger partial charge in [-0.15, -0.1) is 0 Å². The first-order valence-corrected chi connectivity index (χ1v) is 9.42. The first kappa shape index (κ1) is 17.8. The smallest absolute Gasteiger partial charge is 0.223 e. The first-order chi connectivity index (χ1) is 12.1. The Morgan fingerprint density at radius 3 is 2.76 bits per heavy atom. The lowest BCUT2D eigenvalue weighted by molar-refractivity contribution is -0.133. The molecular formula is C20H28N2O3. The average molecular weight is 344 g/mol. The van der Waals surface area contributed by atoms with Gasteiger partial charge in [0, 0.05) is 24.9 Å². The molecule has 1 aromatic rings. The highest BCUT2D eigenvalue weighted by atomic mass is 16.5. The topological polar surface area (TPSA) is 72.6 Å². The number of rotatable bonds is 5. The van der Waals surface area contributed by atoms with Crippen molar-refractivity contribution in [2.24, 2.45) is 11.7 Å². The third kappa shape index (κ3) is 4.97. The van der Waals surface area contributed by atoms with Crippen molar-refractivity contribution >= 4 is 11.8 Å². The second kappa shape index (κ2) is 8.37. The molecule has 2 aliphatic rings. The predicted octanol–water partition coefficient (Wildman–Crippen LogP) is 2.80. The fraction of sp³-hybridized carbons (Fsp3) is 0.600. The van der Waals surface area contributed by atoms with Gasteiger partial charge in [-0.2, -0.15) is 0 Å². The predicted molar refractivity (Wildman–Crippen MR) is 96.1 cm³/mol. The Bertz CT molecular complexity index is 623. The van der Waals surface area contributed by atoms with Crippen molar-refractivity contribution < 1.29 is 14.3 Å². The van der Waals surface area contributed by atoms with Gasteiger partial charge >= 0.3 is 0 Å². The number of carbonyl (C=O) groups is 2. The molecule has 1 aliphatic carbocycles. The maximum absolute atomic E-state index is 12.7. The maximum atomic E-state index is 12.7. The first-order valence-electron chi connectivity index (χ1n) is 9.42. The van der Waals surface area contributed by atoms with Crippen LogP contribution in [0.25, 0.3) is 0 Å². The van der Waals surface area contributed by atoms with Crippen molar-refractivity contribution in [3.05, 3.63) is 29.3 Å². The van der Waals surface area contributed by atoms with E-state index in [1.165, 1.54) is 32.1 Å². The number of ether oxygens (including phenoxy) is 1. The van der Waals surface area contributed by atoms with Crippen molar-refractivity contribution in [2.45, 2.75) is 57.9 Å². The van der Waals surface area contributed by atoms with E-state index in [9.17, 15) is 9.59 Å². The van der Waals surface area contributed by atoms with E-state index in [-0.39, 0.29) is 11.8 Å². The molecule has 1 aliphatic heterocycles. The fourth-order valence-electron chi connectivity index (χ4n) is 3.85. The molecule has 0 bridgehead atoms. The summed E-state index contributed by atoms with van der Waals surface area (Å²) in [6.45, 7) is 1.76. The molecule has 3 rings (SSSR count). The average Bonchev–Trinajstić information content (AvgIpc) is 2.82. The van der Waals surface area contributed by atoms with Crippen molar-refractivity contribution in [1.29, 1.82) is 0 Å². The minimum atomic E-state index is -0.296. The zero-order valence-corrected chi connectivity index (χ0v) is 14.8. The van der Waals surface area contributed by atoms with Crippen LogP contribution in [-0.2, 0) is 22.6 Å². The van der Waals surface area contributed by atoms with Crippen molar-refractivity contribution in [2.75, 3.05) is 13.2 Å². The van der Waals surface area contributed by atoms with Crippen LogP contribution in [-0.4, -0.2) is 29.9 Å². The van der Waals surface area contributed by atoms with Gasteiger partial charge in [0.2, 0.25) is 11.8 Å². The molecule has 1 heterocycles. The van der Waals surface area contributed by atoms with Crippen molar-refractivity contribution in [3.8, 4) is 5.75 Å². The number of nitrogens with two attached hydrogens (primary N) is 1. The number of amides is 2. The van der Waals surface area contributed by atoms with E-state index in [0.717, 1.165) is 16.9 Å². The molecule has 0 unspecified atom stereocenters. The minimum Gasteiger partial charge on any atom is -0.491 e. The van der Waals surface area contributed by atoms with Gasteiger partial charge in [0.1, 0.15) is 12.4 Å². The Kier molecular flexibility index (Phi) is 5.95. The number of nitrogens with zero attached hydrogens (tertiary/aromatic N) is 1. The Morgan fingerprint density at radius 2 is 2.00 bits per heavy atom.